The van der Waals surface area contributed by atoms with Gasteiger partial charge in [0.15, 0.2) is 0 Å². The summed E-state index contributed by atoms with van der Waals surface area (Å²) < 4.78 is 0. The summed E-state index contributed by atoms with van der Waals surface area (Å²) in [6, 6.07) is 10.8. The second kappa shape index (κ2) is 7.69. The first-order valence-corrected chi connectivity index (χ1v) is 10.4. The lowest BCUT2D eigenvalue weighted by Gasteiger charge is -2.38. The normalized spacial score (nSPS) is 31.7. The van der Waals surface area contributed by atoms with Crippen molar-refractivity contribution < 1.29 is 4.79 Å². The fourth-order valence-electron chi connectivity index (χ4n) is 5.65. The number of benzene rings is 1. The summed E-state index contributed by atoms with van der Waals surface area (Å²) in [7, 11) is 2.21. The van der Waals surface area contributed by atoms with Gasteiger partial charge in [0.05, 0.1) is 5.92 Å². The minimum atomic E-state index is 0.117. The SMILES string of the molecule is CN(Cc1ccccc1)CC1CCN(C(=O)C2C3CCC(C3)C2N)CC1. The molecule has 2 saturated carbocycles. The van der Waals surface area contributed by atoms with Gasteiger partial charge in [0, 0.05) is 32.2 Å². The molecule has 1 aromatic carbocycles. The Hall–Kier alpha value is -1.39. The van der Waals surface area contributed by atoms with Crippen LogP contribution in [0.1, 0.15) is 37.7 Å². The van der Waals surface area contributed by atoms with Crippen molar-refractivity contribution in [2.75, 3.05) is 26.7 Å². The lowest BCUT2D eigenvalue weighted by atomic mass is 9.83. The molecule has 1 amide bonds. The molecule has 4 rings (SSSR count). The molecule has 4 heteroatoms. The Morgan fingerprint density at radius 2 is 1.81 bits per heavy atom. The van der Waals surface area contributed by atoms with Crippen LogP contribution in [-0.4, -0.2) is 48.4 Å². The molecule has 0 aromatic heterocycles. The molecule has 4 nitrogen and oxygen atoms in total. The fourth-order valence-corrected chi connectivity index (χ4v) is 5.65. The van der Waals surface area contributed by atoms with Crippen LogP contribution in [-0.2, 0) is 11.3 Å². The van der Waals surface area contributed by atoms with Crippen molar-refractivity contribution in [2.45, 2.75) is 44.7 Å². The largest absolute Gasteiger partial charge is 0.342 e. The molecule has 26 heavy (non-hydrogen) atoms. The summed E-state index contributed by atoms with van der Waals surface area (Å²) in [5.74, 6) is 2.35. The third-order valence-electron chi connectivity index (χ3n) is 7.06. The molecule has 3 fully saturated rings. The van der Waals surface area contributed by atoms with Crippen molar-refractivity contribution in [3.63, 3.8) is 0 Å². The Kier molecular flexibility index (Phi) is 5.32. The van der Waals surface area contributed by atoms with Gasteiger partial charge >= 0.3 is 0 Å². The average Bonchev–Trinajstić information content (AvgIpc) is 3.24. The average molecular weight is 356 g/mol. The van der Waals surface area contributed by atoms with Gasteiger partial charge in [0.1, 0.15) is 0 Å². The number of piperidine rings is 1. The third kappa shape index (κ3) is 3.67. The Balaban J connectivity index is 1.24. The lowest BCUT2D eigenvalue weighted by molar-refractivity contribution is -0.139. The van der Waals surface area contributed by atoms with E-state index in [0.717, 1.165) is 39.0 Å². The number of amides is 1. The van der Waals surface area contributed by atoms with Crippen LogP contribution in [0.2, 0.25) is 0 Å². The quantitative estimate of drug-likeness (QED) is 0.883. The van der Waals surface area contributed by atoms with E-state index in [1.165, 1.54) is 24.8 Å². The zero-order valence-corrected chi connectivity index (χ0v) is 16.0. The third-order valence-corrected chi connectivity index (χ3v) is 7.06. The summed E-state index contributed by atoms with van der Waals surface area (Å²) in [5.41, 5.74) is 7.75. The number of hydrogen-bond acceptors (Lipinski definition) is 3. The number of nitrogens with two attached hydrogens (primary N) is 1. The van der Waals surface area contributed by atoms with E-state index in [2.05, 4.69) is 47.2 Å². The summed E-state index contributed by atoms with van der Waals surface area (Å²) in [4.78, 5) is 17.6. The topological polar surface area (TPSA) is 49.6 Å². The van der Waals surface area contributed by atoms with Crippen molar-refractivity contribution in [3.8, 4) is 0 Å². The molecular weight excluding hydrogens is 322 g/mol. The molecule has 1 aliphatic heterocycles. The maximum Gasteiger partial charge on any atom is 0.227 e. The number of rotatable bonds is 5. The summed E-state index contributed by atoms with van der Waals surface area (Å²) in [6.07, 6.45) is 5.90. The van der Waals surface area contributed by atoms with Gasteiger partial charge in [-0.1, -0.05) is 30.3 Å². The molecular formula is C22H33N3O. The van der Waals surface area contributed by atoms with Crippen LogP contribution in [0.25, 0.3) is 0 Å². The van der Waals surface area contributed by atoms with Gasteiger partial charge in [0.25, 0.3) is 0 Å². The molecule has 0 radical (unpaired) electrons. The monoisotopic (exact) mass is 355 g/mol. The molecule has 4 unspecified atom stereocenters. The van der Waals surface area contributed by atoms with E-state index in [-0.39, 0.29) is 12.0 Å². The molecule has 3 aliphatic rings. The van der Waals surface area contributed by atoms with E-state index in [1.807, 2.05) is 0 Å². The molecule has 2 aliphatic carbocycles. The fraction of sp³-hybridized carbons (Fsp3) is 0.682. The van der Waals surface area contributed by atoms with Crippen molar-refractivity contribution in [2.24, 2.45) is 29.4 Å². The first-order valence-electron chi connectivity index (χ1n) is 10.4. The number of hydrogen-bond donors (Lipinski definition) is 1. The molecule has 2 N–H and O–H groups in total. The van der Waals surface area contributed by atoms with E-state index < -0.39 is 0 Å². The summed E-state index contributed by atoms with van der Waals surface area (Å²) >= 11 is 0. The lowest BCUT2D eigenvalue weighted by Crippen LogP contribution is -2.49. The highest BCUT2D eigenvalue weighted by Gasteiger charge is 2.50. The molecule has 1 saturated heterocycles. The Bertz CT molecular complexity index is 609. The molecule has 142 valence electrons. The Morgan fingerprint density at radius 3 is 2.46 bits per heavy atom. The second-order valence-corrected chi connectivity index (χ2v) is 8.89. The molecule has 0 spiro atoms. The number of nitrogens with zero attached hydrogens (tertiary/aromatic N) is 2. The number of carbonyl (C=O) groups is 1. The smallest absolute Gasteiger partial charge is 0.227 e. The van der Waals surface area contributed by atoms with Gasteiger partial charge < -0.3 is 15.5 Å². The summed E-state index contributed by atoms with van der Waals surface area (Å²) in [6.45, 7) is 3.96. The highest BCUT2D eigenvalue weighted by atomic mass is 16.2. The van der Waals surface area contributed by atoms with Crippen LogP contribution in [0.3, 0.4) is 0 Å². The van der Waals surface area contributed by atoms with Crippen molar-refractivity contribution in [1.29, 1.82) is 0 Å². The van der Waals surface area contributed by atoms with Crippen LogP contribution in [0, 0.1) is 23.7 Å². The van der Waals surface area contributed by atoms with Crippen LogP contribution in [0.4, 0.5) is 0 Å². The Labute approximate surface area is 157 Å². The first-order chi connectivity index (χ1) is 12.6. The molecule has 2 bridgehead atoms. The minimum Gasteiger partial charge on any atom is -0.342 e. The molecule has 1 aromatic rings. The van der Waals surface area contributed by atoms with Crippen LogP contribution < -0.4 is 5.73 Å². The predicted molar refractivity (Wildman–Crippen MR) is 104 cm³/mol. The highest BCUT2D eigenvalue weighted by molar-refractivity contribution is 5.80. The summed E-state index contributed by atoms with van der Waals surface area (Å²) in [5, 5.41) is 0. The molecule has 1 heterocycles. The second-order valence-electron chi connectivity index (χ2n) is 8.89. The van der Waals surface area contributed by atoms with Gasteiger partial charge in [-0.05, 0) is 62.5 Å². The highest BCUT2D eigenvalue weighted by Crippen LogP contribution is 2.48. The van der Waals surface area contributed by atoms with Gasteiger partial charge in [-0.2, -0.15) is 0 Å². The maximum atomic E-state index is 13.0. The number of carbonyl (C=O) groups excluding carboxylic acids is 1. The van der Waals surface area contributed by atoms with Gasteiger partial charge in [-0.15, -0.1) is 0 Å². The van der Waals surface area contributed by atoms with Gasteiger partial charge in [0.2, 0.25) is 5.91 Å². The Morgan fingerprint density at radius 1 is 1.12 bits per heavy atom. The van der Waals surface area contributed by atoms with E-state index in [1.54, 1.807) is 0 Å². The van der Waals surface area contributed by atoms with Crippen molar-refractivity contribution in [3.05, 3.63) is 35.9 Å². The first kappa shape index (κ1) is 18.0. The van der Waals surface area contributed by atoms with E-state index >= 15 is 0 Å². The molecule has 4 atom stereocenters. The van der Waals surface area contributed by atoms with Gasteiger partial charge in [-0.3, -0.25) is 4.79 Å². The van der Waals surface area contributed by atoms with E-state index in [0.29, 0.717) is 23.7 Å². The zero-order valence-electron chi connectivity index (χ0n) is 16.0. The minimum absolute atomic E-state index is 0.117. The predicted octanol–water partition coefficient (Wildman–Crippen LogP) is 2.73. The standard InChI is InChI=1S/C22H33N3O/c1-24(14-16-5-3-2-4-6-16)15-17-9-11-25(12-10-17)22(26)20-18-7-8-19(13-18)21(20)23/h2-6,17-21H,7-15,23H2,1H3. The maximum absolute atomic E-state index is 13.0. The van der Waals surface area contributed by atoms with Crippen LogP contribution in [0.5, 0.6) is 0 Å². The zero-order chi connectivity index (χ0) is 18.1. The van der Waals surface area contributed by atoms with E-state index in [9.17, 15) is 4.79 Å². The van der Waals surface area contributed by atoms with Crippen LogP contribution in [0.15, 0.2) is 30.3 Å². The number of likely N-dealkylation sites (tertiary alicyclic amines) is 1. The van der Waals surface area contributed by atoms with E-state index in [4.69, 9.17) is 5.73 Å². The van der Waals surface area contributed by atoms with Gasteiger partial charge in [-0.25, -0.2) is 0 Å². The van der Waals surface area contributed by atoms with Crippen molar-refractivity contribution >= 4 is 5.91 Å². The number of fused-ring (bicyclic) bond motifs is 2. The van der Waals surface area contributed by atoms with Crippen LogP contribution >= 0.6 is 0 Å². The van der Waals surface area contributed by atoms with Crippen molar-refractivity contribution in [1.82, 2.24) is 9.80 Å².